The Balaban J connectivity index is 1.60. The average molecular weight is 420 g/mol. The molecule has 0 aliphatic rings. The van der Waals surface area contributed by atoms with E-state index in [1.54, 1.807) is 37.6 Å². The number of rotatable bonds is 8. The van der Waals surface area contributed by atoms with Gasteiger partial charge in [0, 0.05) is 5.56 Å². The summed E-state index contributed by atoms with van der Waals surface area (Å²) in [6.07, 6.45) is 1.61. The van der Waals surface area contributed by atoms with Crippen molar-refractivity contribution in [2.24, 2.45) is 0 Å². The molecule has 2 aromatic carbocycles. The number of ether oxygens (including phenoxy) is 1. The molecule has 152 valence electrons. The minimum Gasteiger partial charge on any atom is -0.497 e. The van der Waals surface area contributed by atoms with Gasteiger partial charge in [0.25, 0.3) is 0 Å². The summed E-state index contributed by atoms with van der Waals surface area (Å²) in [5.41, 5.74) is 1.75. The van der Waals surface area contributed by atoms with Crippen molar-refractivity contribution in [3.8, 4) is 17.3 Å². The van der Waals surface area contributed by atoms with E-state index in [9.17, 15) is 4.79 Å². The van der Waals surface area contributed by atoms with Crippen molar-refractivity contribution < 1.29 is 13.9 Å². The summed E-state index contributed by atoms with van der Waals surface area (Å²) in [6, 6.07) is 20.9. The topological polar surface area (TPSA) is 70.2 Å². The molecular weight excluding hydrogens is 398 g/mol. The molecule has 0 aliphatic heterocycles. The van der Waals surface area contributed by atoms with Crippen LogP contribution in [0.5, 0.6) is 5.75 Å². The van der Waals surface area contributed by atoms with Gasteiger partial charge in [-0.15, -0.1) is 10.2 Å². The molecule has 0 aliphatic carbocycles. The Kier molecular flexibility index (Phi) is 5.99. The van der Waals surface area contributed by atoms with Crippen molar-refractivity contribution in [2.45, 2.75) is 23.9 Å². The van der Waals surface area contributed by atoms with Crippen molar-refractivity contribution in [3.05, 3.63) is 84.1 Å². The van der Waals surface area contributed by atoms with Crippen LogP contribution in [-0.4, -0.2) is 32.9 Å². The molecule has 1 unspecified atom stereocenters. The highest BCUT2D eigenvalue weighted by Crippen LogP contribution is 2.29. The van der Waals surface area contributed by atoms with Crippen LogP contribution in [0.4, 0.5) is 0 Å². The van der Waals surface area contributed by atoms with Crippen LogP contribution in [0.1, 0.15) is 22.8 Å². The highest BCUT2D eigenvalue weighted by atomic mass is 32.2. The van der Waals surface area contributed by atoms with Gasteiger partial charge >= 0.3 is 0 Å². The maximum Gasteiger partial charge on any atom is 0.200 e. The number of Topliss-reactive ketones (excluding diaryl/α,β-unsaturated/α-hetero) is 1. The number of nitrogens with zero attached hydrogens (tertiary/aromatic N) is 3. The fraction of sp³-hybridized carbons (Fsp3) is 0.174. The lowest BCUT2D eigenvalue weighted by atomic mass is 10.1. The first-order valence-corrected chi connectivity index (χ1v) is 10.4. The summed E-state index contributed by atoms with van der Waals surface area (Å²) in [6.45, 7) is 2.46. The van der Waals surface area contributed by atoms with Crippen LogP contribution < -0.4 is 4.74 Å². The predicted octanol–water partition coefficient (Wildman–Crippen LogP) is 4.96. The molecule has 0 bridgehead atoms. The number of ketones is 1. The molecule has 0 saturated carbocycles. The minimum atomic E-state index is -0.332. The Morgan fingerprint density at radius 2 is 1.83 bits per heavy atom. The van der Waals surface area contributed by atoms with Crippen LogP contribution in [0.2, 0.25) is 0 Å². The molecule has 2 heterocycles. The zero-order valence-corrected chi connectivity index (χ0v) is 17.5. The lowest BCUT2D eigenvalue weighted by molar-refractivity contribution is 0.0994. The molecule has 0 fully saturated rings. The zero-order chi connectivity index (χ0) is 20.9. The first-order chi connectivity index (χ1) is 14.7. The van der Waals surface area contributed by atoms with Crippen molar-refractivity contribution in [2.75, 3.05) is 7.11 Å². The average Bonchev–Trinajstić information content (AvgIpc) is 3.44. The van der Waals surface area contributed by atoms with Crippen LogP contribution in [-0.2, 0) is 6.54 Å². The molecule has 4 rings (SSSR count). The molecule has 0 saturated heterocycles. The number of carbonyl (C=O) groups excluding carboxylic acids is 1. The Bertz CT molecular complexity index is 1110. The number of thioether (sulfide) groups is 1. The number of hydrogen-bond acceptors (Lipinski definition) is 6. The van der Waals surface area contributed by atoms with Gasteiger partial charge in [0.2, 0.25) is 5.82 Å². The molecule has 6 nitrogen and oxygen atoms in total. The Morgan fingerprint density at radius 1 is 1.07 bits per heavy atom. The van der Waals surface area contributed by atoms with Gasteiger partial charge in [0.15, 0.2) is 16.7 Å². The van der Waals surface area contributed by atoms with Crippen molar-refractivity contribution in [1.82, 2.24) is 14.8 Å². The van der Waals surface area contributed by atoms with E-state index in [1.165, 1.54) is 11.8 Å². The molecule has 2 aromatic heterocycles. The van der Waals surface area contributed by atoms with Crippen LogP contribution in [0.25, 0.3) is 11.6 Å². The number of aromatic nitrogens is 3. The maximum absolute atomic E-state index is 12.9. The molecule has 0 amide bonds. The number of carbonyl (C=O) groups is 1. The Hall–Kier alpha value is -3.32. The predicted molar refractivity (Wildman–Crippen MR) is 116 cm³/mol. The van der Waals surface area contributed by atoms with Crippen molar-refractivity contribution in [3.63, 3.8) is 0 Å². The first kappa shape index (κ1) is 20.0. The van der Waals surface area contributed by atoms with Crippen LogP contribution >= 0.6 is 11.8 Å². The third-order valence-electron chi connectivity index (χ3n) is 4.67. The third kappa shape index (κ3) is 4.31. The van der Waals surface area contributed by atoms with Gasteiger partial charge in [-0.05, 0) is 48.9 Å². The molecular formula is C23H21N3O3S. The van der Waals surface area contributed by atoms with Crippen LogP contribution in [0.3, 0.4) is 0 Å². The fourth-order valence-corrected chi connectivity index (χ4v) is 4.00. The molecule has 30 heavy (non-hydrogen) atoms. The Morgan fingerprint density at radius 3 is 2.50 bits per heavy atom. The molecule has 4 aromatic rings. The van der Waals surface area contributed by atoms with Gasteiger partial charge in [0.1, 0.15) is 5.75 Å². The van der Waals surface area contributed by atoms with Gasteiger partial charge in [-0.3, -0.25) is 9.36 Å². The highest BCUT2D eigenvalue weighted by molar-refractivity contribution is 8.00. The van der Waals surface area contributed by atoms with E-state index in [0.29, 0.717) is 28.8 Å². The summed E-state index contributed by atoms with van der Waals surface area (Å²) in [4.78, 5) is 12.9. The van der Waals surface area contributed by atoms with E-state index in [1.807, 2.05) is 54.0 Å². The fourth-order valence-electron chi connectivity index (χ4n) is 3.07. The van der Waals surface area contributed by atoms with Crippen molar-refractivity contribution >= 4 is 17.5 Å². The molecule has 1 atom stereocenters. The van der Waals surface area contributed by atoms with E-state index in [-0.39, 0.29) is 11.0 Å². The molecule has 0 spiro atoms. The lowest BCUT2D eigenvalue weighted by Crippen LogP contribution is -2.15. The van der Waals surface area contributed by atoms with Crippen molar-refractivity contribution in [1.29, 1.82) is 0 Å². The molecule has 0 N–H and O–H groups in total. The number of benzene rings is 2. The van der Waals surface area contributed by atoms with Gasteiger partial charge in [-0.2, -0.15) is 0 Å². The third-order valence-corrected chi connectivity index (χ3v) is 5.75. The summed E-state index contributed by atoms with van der Waals surface area (Å²) < 4.78 is 12.7. The van der Waals surface area contributed by atoms with E-state index < -0.39 is 0 Å². The quantitative estimate of drug-likeness (QED) is 0.297. The second kappa shape index (κ2) is 9.00. The van der Waals surface area contributed by atoms with E-state index in [4.69, 9.17) is 9.15 Å². The second-order valence-corrected chi connectivity index (χ2v) is 8.02. The van der Waals surface area contributed by atoms with Gasteiger partial charge in [-0.1, -0.05) is 42.1 Å². The monoisotopic (exact) mass is 419 g/mol. The zero-order valence-electron chi connectivity index (χ0n) is 16.7. The first-order valence-electron chi connectivity index (χ1n) is 9.51. The normalized spacial score (nSPS) is 11.9. The second-order valence-electron chi connectivity index (χ2n) is 6.71. The van der Waals surface area contributed by atoms with Gasteiger partial charge in [0.05, 0.1) is 25.2 Å². The lowest BCUT2D eigenvalue weighted by Gasteiger charge is -2.13. The number of furan rings is 1. The summed E-state index contributed by atoms with van der Waals surface area (Å²) in [7, 11) is 1.60. The Labute approximate surface area is 178 Å². The summed E-state index contributed by atoms with van der Waals surface area (Å²) in [5, 5.41) is 9.02. The number of methoxy groups -OCH3 is 1. The number of hydrogen-bond donors (Lipinski definition) is 0. The highest BCUT2D eigenvalue weighted by Gasteiger charge is 2.23. The van der Waals surface area contributed by atoms with E-state index >= 15 is 0 Å². The van der Waals surface area contributed by atoms with Crippen LogP contribution in [0.15, 0.2) is 82.6 Å². The minimum absolute atomic E-state index is 0.0245. The smallest absolute Gasteiger partial charge is 0.200 e. The molecule has 7 heteroatoms. The van der Waals surface area contributed by atoms with E-state index in [2.05, 4.69) is 10.2 Å². The maximum atomic E-state index is 12.9. The SMILES string of the molecule is COc1ccc(C(=O)C(C)Sc2nnc(-c3ccco3)n2Cc2ccccc2)cc1. The summed E-state index contributed by atoms with van der Waals surface area (Å²) >= 11 is 1.39. The van der Waals surface area contributed by atoms with Gasteiger partial charge < -0.3 is 9.15 Å². The van der Waals surface area contributed by atoms with Gasteiger partial charge in [-0.25, -0.2) is 0 Å². The molecule has 0 radical (unpaired) electrons. The summed E-state index contributed by atoms with van der Waals surface area (Å²) in [5.74, 6) is 2.02. The van der Waals surface area contributed by atoms with Crippen LogP contribution in [0, 0.1) is 0 Å². The van der Waals surface area contributed by atoms with E-state index in [0.717, 1.165) is 11.3 Å². The standard InChI is InChI=1S/C23H21N3O3S/c1-16(21(27)18-10-12-19(28-2)13-11-18)30-23-25-24-22(20-9-6-14-29-20)26(23)15-17-7-4-3-5-8-17/h3-14,16H,15H2,1-2H3. The largest absolute Gasteiger partial charge is 0.497 e.